The van der Waals surface area contributed by atoms with Crippen molar-refractivity contribution in [2.45, 2.75) is 6.54 Å². The summed E-state index contributed by atoms with van der Waals surface area (Å²) < 4.78 is 5.12. The molecule has 2 heterocycles. The van der Waals surface area contributed by atoms with Crippen LogP contribution in [0.15, 0.2) is 65.3 Å². The van der Waals surface area contributed by atoms with Crippen molar-refractivity contribution in [3.05, 3.63) is 82.3 Å². The fraction of sp³-hybridized carbons (Fsp3) is 0.0909. The predicted molar refractivity (Wildman–Crippen MR) is 117 cm³/mol. The lowest BCUT2D eigenvalue weighted by Gasteiger charge is -2.15. The molecule has 0 aliphatic carbocycles. The molecule has 0 saturated carbocycles. The molecular weight excluding hydrogens is 439 g/mol. The average molecular weight is 455 g/mol. The summed E-state index contributed by atoms with van der Waals surface area (Å²) in [6, 6.07) is 16.4. The summed E-state index contributed by atoms with van der Waals surface area (Å²) in [5, 5.41) is 13.6. The third kappa shape index (κ3) is 4.52. The number of benzene rings is 2. The Bertz CT molecular complexity index is 1200. The van der Waals surface area contributed by atoms with Crippen LogP contribution in [0.3, 0.4) is 0 Å². The molecule has 7 nitrogen and oxygen atoms in total. The quantitative estimate of drug-likeness (QED) is 0.451. The molecule has 2 aromatic heterocycles. The van der Waals surface area contributed by atoms with Crippen LogP contribution in [0.5, 0.6) is 5.75 Å². The number of nitrogens with zero attached hydrogens (tertiary/aromatic N) is 4. The second kappa shape index (κ2) is 8.75. The molecule has 0 saturated heterocycles. The van der Waals surface area contributed by atoms with Gasteiger partial charge in [-0.15, -0.1) is 0 Å². The molecule has 9 heteroatoms. The zero-order valence-electron chi connectivity index (χ0n) is 16.3. The number of amides is 1. The van der Waals surface area contributed by atoms with Crippen LogP contribution in [0.1, 0.15) is 16.2 Å². The van der Waals surface area contributed by atoms with Crippen LogP contribution in [-0.2, 0) is 6.54 Å². The van der Waals surface area contributed by atoms with Crippen LogP contribution >= 0.6 is 23.2 Å². The topological polar surface area (TPSA) is 92.4 Å². The Morgan fingerprint density at radius 2 is 1.77 bits per heavy atom. The van der Waals surface area contributed by atoms with Crippen LogP contribution in [0, 0.1) is 0 Å². The maximum atomic E-state index is 12.7. The van der Waals surface area contributed by atoms with E-state index in [4.69, 9.17) is 27.7 Å². The fourth-order valence-electron chi connectivity index (χ4n) is 2.95. The van der Waals surface area contributed by atoms with Gasteiger partial charge in [-0.3, -0.25) is 9.78 Å². The molecule has 0 fully saturated rings. The Morgan fingerprint density at radius 1 is 1.06 bits per heavy atom. The molecule has 0 radical (unpaired) electrons. The number of carbonyl (C=O) groups excluding carboxylic acids is 1. The van der Waals surface area contributed by atoms with Gasteiger partial charge in [0.25, 0.3) is 0 Å². The van der Waals surface area contributed by atoms with Crippen molar-refractivity contribution in [2.24, 2.45) is 0 Å². The van der Waals surface area contributed by atoms with Gasteiger partial charge in [0, 0.05) is 30.9 Å². The number of hydrogen-bond donors (Lipinski definition) is 1. The largest absolute Gasteiger partial charge is 0.505 e. The summed E-state index contributed by atoms with van der Waals surface area (Å²) >= 11 is 11.9. The van der Waals surface area contributed by atoms with E-state index in [9.17, 15) is 9.90 Å². The Hall–Kier alpha value is -3.42. The monoisotopic (exact) mass is 454 g/mol. The van der Waals surface area contributed by atoms with E-state index >= 15 is 0 Å². The highest BCUT2D eigenvalue weighted by molar-refractivity contribution is 6.37. The highest BCUT2D eigenvalue weighted by Crippen LogP contribution is 2.35. The van der Waals surface area contributed by atoms with E-state index in [0.717, 1.165) is 16.8 Å². The Morgan fingerprint density at radius 3 is 2.42 bits per heavy atom. The molecular formula is C22H16Cl2N4O3. The Labute approximate surface area is 187 Å². The zero-order chi connectivity index (χ0) is 22.0. The van der Waals surface area contributed by atoms with Crippen LogP contribution in [0.25, 0.3) is 22.6 Å². The molecule has 0 aliphatic rings. The van der Waals surface area contributed by atoms with Gasteiger partial charge in [-0.05, 0) is 29.8 Å². The number of halogens is 2. The number of phenols is 1. The molecule has 0 unspecified atom stereocenters. The molecule has 2 aromatic carbocycles. The summed E-state index contributed by atoms with van der Waals surface area (Å²) in [7, 11) is 1.65. The first-order chi connectivity index (χ1) is 14.9. The highest BCUT2D eigenvalue weighted by atomic mass is 35.5. The summed E-state index contributed by atoms with van der Waals surface area (Å²) in [6.07, 6.45) is 1.74. The lowest BCUT2D eigenvalue weighted by Crippen LogP contribution is -2.26. The average Bonchev–Trinajstić information content (AvgIpc) is 3.28. The highest BCUT2D eigenvalue weighted by Gasteiger charge is 2.21. The van der Waals surface area contributed by atoms with Crippen molar-refractivity contribution in [3.8, 4) is 28.4 Å². The summed E-state index contributed by atoms with van der Waals surface area (Å²) in [5.74, 6) is -0.688. The van der Waals surface area contributed by atoms with Gasteiger partial charge in [0.15, 0.2) is 5.75 Å². The van der Waals surface area contributed by atoms with Crippen molar-refractivity contribution in [1.29, 1.82) is 0 Å². The fourth-order valence-corrected chi connectivity index (χ4v) is 3.43. The van der Waals surface area contributed by atoms with Gasteiger partial charge < -0.3 is 14.5 Å². The maximum Gasteiger partial charge on any atom is 0.316 e. The summed E-state index contributed by atoms with van der Waals surface area (Å²) in [5.41, 5.74) is 3.23. The van der Waals surface area contributed by atoms with Crippen LogP contribution in [-0.4, -0.2) is 38.1 Å². The number of rotatable bonds is 5. The molecule has 1 amide bonds. The number of phenolic OH excluding ortho intramolecular Hbond substituents is 1. The molecule has 4 aromatic rings. The molecule has 0 aliphatic heterocycles. The zero-order valence-corrected chi connectivity index (χ0v) is 17.8. The number of aromatic nitrogens is 3. The number of pyridine rings is 1. The maximum absolute atomic E-state index is 12.7. The van der Waals surface area contributed by atoms with Crippen LogP contribution in [0.2, 0.25) is 10.0 Å². The van der Waals surface area contributed by atoms with Crippen LogP contribution < -0.4 is 0 Å². The predicted octanol–water partition coefficient (Wildman–Crippen LogP) is 5.08. The lowest BCUT2D eigenvalue weighted by molar-refractivity contribution is 0.0735. The van der Waals surface area contributed by atoms with E-state index in [2.05, 4.69) is 15.1 Å². The van der Waals surface area contributed by atoms with Crippen molar-refractivity contribution in [1.82, 2.24) is 20.0 Å². The van der Waals surface area contributed by atoms with Crippen molar-refractivity contribution >= 4 is 29.1 Å². The summed E-state index contributed by atoms with van der Waals surface area (Å²) in [6.45, 7) is 0.357. The Kier molecular flexibility index (Phi) is 5.88. The molecule has 156 valence electrons. The van der Waals surface area contributed by atoms with Crippen molar-refractivity contribution < 1.29 is 14.4 Å². The van der Waals surface area contributed by atoms with Crippen molar-refractivity contribution in [3.63, 3.8) is 0 Å². The molecule has 31 heavy (non-hydrogen) atoms. The van der Waals surface area contributed by atoms with Gasteiger partial charge in [-0.25, -0.2) is 0 Å². The number of carbonyl (C=O) groups is 1. The van der Waals surface area contributed by atoms with E-state index < -0.39 is 5.91 Å². The number of hydrogen-bond acceptors (Lipinski definition) is 6. The van der Waals surface area contributed by atoms with E-state index in [-0.39, 0.29) is 27.5 Å². The first kappa shape index (κ1) is 20.8. The SMILES string of the molecule is CN(Cc1ccc(-c2ccccn2)cc1)C(=O)c1nc(-c2cc(Cl)c(O)c(Cl)c2)no1. The van der Waals surface area contributed by atoms with E-state index in [1.165, 1.54) is 17.0 Å². The van der Waals surface area contributed by atoms with E-state index in [1.807, 2.05) is 42.5 Å². The molecule has 0 bridgehead atoms. The molecule has 0 spiro atoms. The third-order valence-electron chi connectivity index (χ3n) is 4.57. The normalized spacial score (nSPS) is 10.8. The lowest BCUT2D eigenvalue weighted by atomic mass is 10.1. The van der Waals surface area contributed by atoms with Gasteiger partial charge in [-0.2, -0.15) is 4.98 Å². The van der Waals surface area contributed by atoms with Gasteiger partial charge in [-0.1, -0.05) is 58.7 Å². The smallest absolute Gasteiger partial charge is 0.316 e. The first-order valence-electron chi connectivity index (χ1n) is 9.20. The van der Waals surface area contributed by atoms with E-state index in [1.54, 1.807) is 13.2 Å². The standard InChI is InChI=1S/C22H16Cl2N4O3/c1-28(12-13-5-7-14(8-6-13)18-4-2-3-9-25-18)22(30)21-26-20(27-31-21)15-10-16(23)19(29)17(24)11-15/h2-11,29H,12H2,1H3. The molecule has 1 N–H and O–H groups in total. The summed E-state index contributed by atoms with van der Waals surface area (Å²) in [4.78, 5) is 22.6. The third-order valence-corrected chi connectivity index (χ3v) is 5.14. The van der Waals surface area contributed by atoms with E-state index in [0.29, 0.717) is 12.1 Å². The number of aromatic hydroxyl groups is 1. The van der Waals surface area contributed by atoms with Crippen LogP contribution in [0.4, 0.5) is 0 Å². The van der Waals surface area contributed by atoms with Gasteiger partial charge >= 0.3 is 11.8 Å². The molecule has 0 atom stereocenters. The minimum absolute atomic E-state index is 0.0476. The van der Waals surface area contributed by atoms with Gasteiger partial charge in [0.2, 0.25) is 5.82 Å². The first-order valence-corrected chi connectivity index (χ1v) is 9.96. The molecule has 4 rings (SSSR count). The minimum atomic E-state index is -0.427. The van der Waals surface area contributed by atoms with Crippen molar-refractivity contribution in [2.75, 3.05) is 7.05 Å². The van der Waals surface area contributed by atoms with Gasteiger partial charge in [0.1, 0.15) is 0 Å². The Balaban J connectivity index is 1.46. The second-order valence-corrected chi connectivity index (χ2v) is 7.60. The second-order valence-electron chi connectivity index (χ2n) is 6.78. The van der Waals surface area contributed by atoms with Gasteiger partial charge in [0.05, 0.1) is 15.7 Å². The minimum Gasteiger partial charge on any atom is -0.505 e.